The highest BCUT2D eigenvalue weighted by atomic mass is 35.5. The van der Waals surface area contributed by atoms with E-state index in [1.165, 1.54) is 18.2 Å². The van der Waals surface area contributed by atoms with E-state index >= 15 is 0 Å². The second-order valence-corrected chi connectivity index (χ2v) is 4.38. The Morgan fingerprint density at radius 3 is 2.75 bits per heavy atom. The van der Waals surface area contributed by atoms with E-state index in [4.69, 9.17) is 11.6 Å². The first-order valence-corrected chi connectivity index (χ1v) is 5.46. The average molecular weight is 241 g/mol. The summed E-state index contributed by atoms with van der Waals surface area (Å²) in [6.45, 7) is 0. The third kappa shape index (κ3) is 2.14. The minimum Gasteiger partial charge on any atom is -0.300 e. The van der Waals surface area contributed by atoms with Crippen molar-refractivity contribution in [2.75, 3.05) is 0 Å². The molecular formula is C12H10ClFO2. The fourth-order valence-electron chi connectivity index (χ4n) is 1.92. The standard InChI is InChI=1S/C12H10ClFO2/c13-10-6-8(2-4-11(10)14)12(16)7-1-3-9(15)5-7/h2,4,6-7H,1,3,5H2. The van der Waals surface area contributed by atoms with E-state index in [0.29, 0.717) is 24.8 Å². The predicted octanol–water partition coefficient (Wildman–Crippen LogP) is 3.03. The molecule has 1 aliphatic carbocycles. The molecule has 0 aliphatic heterocycles. The lowest BCUT2D eigenvalue weighted by Crippen LogP contribution is -2.11. The third-order valence-electron chi connectivity index (χ3n) is 2.82. The minimum atomic E-state index is -0.541. The van der Waals surface area contributed by atoms with Gasteiger partial charge in [0.15, 0.2) is 5.78 Å². The first-order valence-electron chi connectivity index (χ1n) is 5.09. The molecule has 2 rings (SSSR count). The summed E-state index contributed by atoms with van der Waals surface area (Å²) in [5.41, 5.74) is 0.381. The molecule has 0 spiro atoms. The van der Waals surface area contributed by atoms with Crippen molar-refractivity contribution < 1.29 is 14.0 Å². The lowest BCUT2D eigenvalue weighted by Gasteiger charge is -2.07. The van der Waals surface area contributed by atoms with Gasteiger partial charge >= 0.3 is 0 Å². The third-order valence-corrected chi connectivity index (χ3v) is 3.11. The van der Waals surface area contributed by atoms with E-state index in [-0.39, 0.29) is 22.5 Å². The van der Waals surface area contributed by atoms with Crippen molar-refractivity contribution in [3.05, 3.63) is 34.6 Å². The zero-order chi connectivity index (χ0) is 11.7. The van der Waals surface area contributed by atoms with Gasteiger partial charge in [0, 0.05) is 24.3 Å². The SMILES string of the molecule is O=C1CCC(C(=O)c2ccc(F)c(Cl)c2)C1. The van der Waals surface area contributed by atoms with Crippen LogP contribution in [0.3, 0.4) is 0 Å². The van der Waals surface area contributed by atoms with Crippen LogP contribution in [0.4, 0.5) is 4.39 Å². The summed E-state index contributed by atoms with van der Waals surface area (Å²) in [6, 6.07) is 3.90. The number of hydrogen-bond acceptors (Lipinski definition) is 2. The van der Waals surface area contributed by atoms with E-state index in [2.05, 4.69) is 0 Å². The van der Waals surface area contributed by atoms with Crippen LogP contribution in [0.5, 0.6) is 0 Å². The normalized spacial score (nSPS) is 20.1. The lowest BCUT2D eigenvalue weighted by atomic mass is 9.96. The van der Waals surface area contributed by atoms with Crippen molar-refractivity contribution in [1.82, 2.24) is 0 Å². The van der Waals surface area contributed by atoms with E-state index in [0.717, 1.165) is 0 Å². The highest BCUT2D eigenvalue weighted by Gasteiger charge is 2.29. The summed E-state index contributed by atoms with van der Waals surface area (Å²) >= 11 is 5.60. The molecule has 0 bridgehead atoms. The number of rotatable bonds is 2. The van der Waals surface area contributed by atoms with Crippen molar-refractivity contribution in [2.24, 2.45) is 5.92 Å². The van der Waals surface area contributed by atoms with E-state index in [1.54, 1.807) is 0 Å². The highest BCUT2D eigenvalue weighted by Crippen LogP contribution is 2.27. The average Bonchev–Trinajstić information content (AvgIpc) is 2.68. The van der Waals surface area contributed by atoms with Gasteiger partial charge in [0.2, 0.25) is 0 Å². The van der Waals surface area contributed by atoms with Gasteiger partial charge in [0.1, 0.15) is 11.6 Å². The van der Waals surface area contributed by atoms with Crippen LogP contribution in [0.2, 0.25) is 5.02 Å². The zero-order valence-electron chi connectivity index (χ0n) is 8.50. The number of benzene rings is 1. The molecule has 4 heteroatoms. The molecule has 1 saturated carbocycles. The van der Waals surface area contributed by atoms with Gasteiger partial charge in [-0.1, -0.05) is 11.6 Å². The molecule has 1 atom stereocenters. The topological polar surface area (TPSA) is 34.1 Å². The molecule has 0 N–H and O–H groups in total. The Labute approximate surface area is 97.4 Å². The molecule has 0 aromatic heterocycles. The Balaban J connectivity index is 2.21. The first kappa shape index (κ1) is 11.3. The van der Waals surface area contributed by atoms with Gasteiger partial charge in [0.25, 0.3) is 0 Å². The molecule has 0 heterocycles. The van der Waals surface area contributed by atoms with E-state index in [1.807, 2.05) is 0 Å². The summed E-state index contributed by atoms with van der Waals surface area (Å²) in [5, 5.41) is -0.0600. The molecular weight excluding hydrogens is 231 g/mol. The van der Waals surface area contributed by atoms with Crippen LogP contribution in [0.25, 0.3) is 0 Å². The molecule has 84 valence electrons. The number of halogens is 2. The summed E-state index contributed by atoms with van der Waals surface area (Å²) in [7, 11) is 0. The van der Waals surface area contributed by atoms with Gasteiger partial charge < -0.3 is 0 Å². The maximum atomic E-state index is 12.9. The molecule has 1 fully saturated rings. The van der Waals surface area contributed by atoms with E-state index < -0.39 is 5.82 Å². The van der Waals surface area contributed by atoms with Gasteiger partial charge in [0.05, 0.1) is 5.02 Å². The Hall–Kier alpha value is -1.22. The Kier molecular flexibility index (Phi) is 3.06. The summed E-state index contributed by atoms with van der Waals surface area (Å²) in [4.78, 5) is 23.0. The van der Waals surface area contributed by atoms with Crippen LogP contribution in [0, 0.1) is 11.7 Å². The van der Waals surface area contributed by atoms with Crippen LogP contribution in [0.15, 0.2) is 18.2 Å². The molecule has 1 unspecified atom stereocenters. The molecule has 0 radical (unpaired) electrons. The van der Waals surface area contributed by atoms with Gasteiger partial charge in [-0.05, 0) is 24.6 Å². The molecule has 0 saturated heterocycles. The molecule has 16 heavy (non-hydrogen) atoms. The zero-order valence-corrected chi connectivity index (χ0v) is 9.26. The lowest BCUT2D eigenvalue weighted by molar-refractivity contribution is -0.117. The second-order valence-electron chi connectivity index (χ2n) is 3.97. The van der Waals surface area contributed by atoms with Crippen molar-refractivity contribution in [1.29, 1.82) is 0 Å². The maximum Gasteiger partial charge on any atom is 0.166 e. The van der Waals surface area contributed by atoms with Crippen molar-refractivity contribution in [3.63, 3.8) is 0 Å². The fraction of sp³-hybridized carbons (Fsp3) is 0.333. The number of hydrogen-bond donors (Lipinski definition) is 0. The van der Waals surface area contributed by atoms with Crippen LogP contribution in [0.1, 0.15) is 29.6 Å². The Morgan fingerprint density at radius 2 is 2.19 bits per heavy atom. The van der Waals surface area contributed by atoms with Crippen LogP contribution < -0.4 is 0 Å². The van der Waals surface area contributed by atoms with Crippen molar-refractivity contribution in [3.8, 4) is 0 Å². The van der Waals surface area contributed by atoms with Crippen LogP contribution in [-0.2, 0) is 4.79 Å². The van der Waals surface area contributed by atoms with Crippen LogP contribution >= 0.6 is 11.6 Å². The molecule has 0 amide bonds. The Bertz CT molecular complexity index is 456. The summed E-state index contributed by atoms with van der Waals surface area (Å²) in [6.07, 6.45) is 1.35. The van der Waals surface area contributed by atoms with Crippen molar-refractivity contribution in [2.45, 2.75) is 19.3 Å². The van der Waals surface area contributed by atoms with E-state index in [9.17, 15) is 14.0 Å². The summed E-state index contributed by atoms with van der Waals surface area (Å²) in [5.74, 6) is -0.797. The van der Waals surface area contributed by atoms with Gasteiger partial charge in [-0.15, -0.1) is 0 Å². The first-order chi connectivity index (χ1) is 7.58. The maximum absolute atomic E-state index is 12.9. The quantitative estimate of drug-likeness (QED) is 0.745. The van der Waals surface area contributed by atoms with Gasteiger partial charge in [-0.3, -0.25) is 9.59 Å². The fourth-order valence-corrected chi connectivity index (χ4v) is 2.10. The number of Topliss-reactive ketones (excluding diaryl/α,β-unsaturated/α-hetero) is 2. The molecule has 1 aromatic rings. The number of ketones is 2. The summed E-state index contributed by atoms with van der Waals surface area (Å²) < 4.78 is 12.9. The number of carbonyl (C=O) groups is 2. The van der Waals surface area contributed by atoms with Gasteiger partial charge in [-0.2, -0.15) is 0 Å². The molecule has 1 aliphatic rings. The highest BCUT2D eigenvalue weighted by molar-refractivity contribution is 6.31. The minimum absolute atomic E-state index is 0.0600. The predicted molar refractivity (Wildman–Crippen MR) is 58.1 cm³/mol. The molecule has 2 nitrogen and oxygen atoms in total. The van der Waals surface area contributed by atoms with Crippen molar-refractivity contribution >= 4 is 23.2 Å². The number of carbonyl (C=O) groups excluding carboxylic acids is 2. The smallest absolute Gasteiger partial charge is 0.166 e. The second kappa shape index (κ2) is 4.34. The largest absolute Gasteiger partial charge is 0.300 e. The van der Waals surface area contributed by atoms with Crippen LogP contribution in [-0.4, -0.2) is 11.6 Å². The monoisotopic (exact) mass is 240 g/mol. The van der Waals surface area contributed by atoms with Gasteiger partial charge in [-0.25, -0.2) is 4.39 Å². The Morgan fingerprint density at radius 1 is 1.44 bits per heavy atom. The molecule has 1 aromatic carbocycles.